The highest BCUT2D eigenvalue weighted by Crippen LogP contribution is 2.08. The fourth-order valence-electron chi connectivity index (χ4n) is 0.819. The molecule has 1 N–H and O–H groups in total. The van der Waals surface area contributed by atoms with Gasteiger partial charge in [0.15, 0.2) is 0 Å². The Balaban J connectivity index is 2.61. The SMILES string of the molecule is O=C(OCCO)c1ccc(S)cc1. The van der Waals surface area contributed by atoms with Gasteiger partial charge < -0.3 is 9.84 Å². The van der Waals surface area contributed by atoms with Crippen LogP contribution in [0.5, 0.6) is 0 Å². The van der Waals surface area contributed by atoms with Crippen molar-refractivity contribution in [3.8, 4) is 0 Å². The number of carbonyl (C=O) groups is 1. The molecule has 1 aromatic carbocycles. The summed E-state index contributed by atoms with van der Waals surface area (Å²) in [6.45, 7) is -0.127. The van der Waals surface area contributed by atoms with Gasteiger partial charge in [0.2, 0.25) is 0 Å². The minimum atomic E-state index is -0.428. The lowest BCUT2D eigenvalue weighted by Gasteiger charge is -2.02. The molecule has 0 unspecified atom stereocenters. The largest absolute Gasteiger partial charge is 0.460 e. The molecule has 3 nitrogen and oxygen atoms in total. The summed E-state index contributed by atoms with van der Waals surface area (Å²) >= 11 is 4.08. The molecule has 0 amide bonds. The Hall–Kier alpha value is -1.00. The maximum absolute atomic E-state index is 11.2. The van der Waals surface area contributed by atoms with Gasteiger partial charge in [-0.05, 0) is 24.3 Å². The van der Waals surface area contributed by atoms with Crippen LogP contribution in [0.1, 0.15) is 10.4 Å². The van der Waals surface area contributed by atoms with Crippen LogP contribution < -0.4 is 0 Å². The molecule has 70 valence electrons. The summed E-state index contributed by atoms with van der Waals surface area (Å²) in [4.78, 5) is 11.9. The summed E-state index contributed by atoms with van der Waals surface area (Å²) in [6, 6.07) is 6.67. The molecule has 0 aromatic heterocycles. The van der Waals surface area contributed by atoms with Crippen LogP contribution in [0, 0.1) is 0 Å². The number of aliphatic hydroxyl groups is 1. The lowest BCUT2D eigenvalue weighted by molar-refractivity contribution is 0.0433. The van der Waals surface area contributed by atoms with Gasteiger partial charge in [-0.15, -0.1) is 12.6 Å². The van der Waals surface area contributed by atoms with Crippen LogP contribution in [0.2, 0.25) is 0 Å². The molecule has 0 atom stereocenters. The molecule has 1 rings (SSSR count). The lowest BCUT2D eigenvalue weighted by atomic mass is 10.2. The van der Waals surface area contributed by atoms with Gasteiger partial charge in [0.1, 0.15) is 6.61 Å². The molecule has 13 heavy (non-hydrogen) atoms. The number of hydrogen-bond donors (Lipinski definition) is 2. The predicted octanol–water partition coefficient (Wildman–Crippen LogP) is 1.12. The summed E-state index contributed by atoms with van der Waals surface area (Å²) in [5.74, 6) is -0.428. The van der Waals surface area contributed by atoms with E-state index < -0.39 is 5.97 Å². The molecule has 0 bridgehead atoms. The average Bonchev–Trinajstić information content (AvgIpc) is 2.15. The second kappa shape index (κ2) is 4.89. The van der Waals surface area contributed by atoms with E-state index in [-0.39, 0.29) is 13.2 Å². The number of aliphatic hydroxyl groups excluding tert-OH is 1. The number of esters is 1. The third kappa shape index (κ3) is 3.08. The van der Waals surface area contributed by atoms with Gasteiger partial charge in [-0.25, -0.2) is 4.79 Å². The Morgan fingerprint density at radius 3 is 2.54 bits per heavy atom. The van der Waals surface area contributed by atoms with Gasteiger partial charge in [0, 0.05) is 4.90 Å². The zero-order valence-corrected chi connectivity index (χ0v) is 7.83. The monoisotopic (exact) mass is 198 g/mol. The standard InChI is InChI=1S/C9H10O3S/c10-5-6-12-9(11)7-1-3-8(13)4-2-7/h1-4,10,13H,5-6H2. The molecular weight excluding hydrogens is 188 g/mol. The zero-order valence-electron chi connectivity index (χ0n) is 6.93. The molecule has 0 aliphatic rings. The molecule has 1 aromatic rings. The van der Waals surface area contributed by atoms with Crippen LogP contribution in [0.25, 0.3) is 0 Å². The van der Waals surface area contributed by atoms with E-state index in [0.29, 0.717) is 5.56 Å². The highest BCUT2D eigenvalue weighted by molar-refractivity contribution is 7.80. The van der Waals surface area contributed by atoms with E-state index in [4.69, 9.17) is 9.84 Å². The summed E-state index contributed by atoms with van der Waals surface area (Å²) < 4.78 is 4.70. The highest BCUT2D eigenvalue weighted by Gasteiger charge is 2.04. The van der Waals surface area contributed by atoms with Crippen molar-refractivity contribution in [3.05, 3.63) is 29.8 Å². The van der Waals surface area contributed by atoms with Gasteiger partial charge >= 0.3 is 5.97 Å². The Labute approximate surface area is 81.8 Å². The predicted molar refractivity (Wildman–Crippen MR) is 51.1 cm³/mol. The maximum atomic E-state index is 11.2. The fraction of sp³-hybridized carbons (Fsp3) is 0.222. The zero-order chi connectivity index (χ0) is 9.68. The van der Waals surface area contributed by atoms with Crippen molar-refractivity contribution >= 4 is 18.6 Å². The molecular formula is C9H10O3S. The minimum Gasteiger partial charge on any atom is -0.460 e. The third-order valence-corrected chi connectivity index (χ3v) is 1.73. The summed E-state index contributed by atoms with van der Waals surface area (Å²) in [5, 5.41) is 8.42. The number of thiol groups is 1. The Morgan fingerprint density at radius 1 is 1.38 bits per heavy atom. The van der Waals surface area contributed by atoms with E-state index in [1.54, 1.807) is 24.3 Å². The molecule has 0 aliphatic heterocycles. The van der Waals surface area contributed by atoms with E-state index >= 15 is 0 Å². The molecule has 0 saturated heterocycles. The quantitative estimate of drug-likeness (QED) is 0.565. The van der Waals surface area contributed by atoms with E-state index in [1.165, 1.54) is 0 Å². The molecule has 4 heteroatoms. The number of carbonyl (C=O) groups excluding carboxylic acids is 1. The first-order valence-corrected chi connectivity index (χ1v) is 4.26. The van der Waals surface area contributed by atoms with Crippen molar-refractivity contribution in [1.29, 1.82) is 0 Å². The van der Waals surface area contributed by atoms with Crippen LogP contribution in [0.15, 0.2) is 29.2 Å². The van der Waals surface area contributed by atoms with Gasteiger partial charge in [-0.2, -0.15) is 0 Å². The second-order valence-electron chi connectivity index (χ2n) is 2.41. The van der Waals surface area contributed by atoms with E-state index in [0.717, 1.165) is 4.90 Å². The number of rotatable bonds is 3. The van der Waals surface area contributed by atoms with Crippen LogP contribution in [-0.2, 0) is 4.74 Å². The Morgan fingerprint density at radius 2 is 2.00 bits per heavy atom. The number of ether oxygens (including phenoxy) is 1. The van der Waals surface area contributed by atoms with Crippen molar-refractivity contribution in [2.75, 3.05) is 13.2 Å². The van der Waals surface area contributed by atoms with E-state index in [2.05, 4.69) is 12.6 Å². The highest BCUT2D eigenvalue weighted by atomic mass is 32.1. The number of hydrogen-bond acceptors (Lipinski definition) is 4. The normalized spacial score (nSPS) is 9.69. The first kappa shape index (κ1) is 10.1. The summed E-state index contributed by atoms with van der Waals surface area (Å²) in [7, 11) is 0. The molecule has 0 aliphatic carbocycles. The summed E-state index contributed by atoms with van der Waals surface area (Å²) in [5.41, 5.74) is 0.464. The van der Waals surface area contributed by atoms with Gasteiger partial charge in [-0.1, -0.05) is 0 Å². The van der Waals surface area contributed by atoms with Crippen LogP contribution >= 0.6 is 12.6 Å². The van der Waals surface area contributed by atoms with Gasteiger partial charge in [0.05, 0.1) is 12.2 Å². The molecule has 0 saturated carbocycles. The maximum Gasteiger partial charge on any atom is 0.338 e. The lowest BCUT2D eigenvalue weighted by Crippen LogP contribution is -2.08. The second-order valence-corrected chi connectivity index (χ2v) is 2.92. The Bertz CT molecular complexity index is 281. The van der Waals surface area contributed by atoms with Crippen LogP contribution in [0.3, 0.4) is 0 Å². The molecule has 0 radical (unpaired) electrons. The van der Waals surface area contributed by atoms with E-state index in [1.807, 2.05) is 0 Å². The topological polar surface area (TPSA) is 46.5 Å². The van der Waals surface area contributed by atoms with Crippen molar-refractivity contribution in [3.63, 3.8) is 0 Å². The first-order valence-electron chi connectivity index (χ1n) is 3.81. The summed E-state index contributed by atoms with van der Waals surface area (Å²) in [6.07, 6.45) is 0. The molecule has 0 fully saturated rings. The fourth-order valence-corrected chi connectivity index (χ4v) is 0.968. The van der Waals surface area contributed by atoms with Crippen molar-refractivity contribution < 1.29 is 14.6 Å². The Kier molecular flexibility index (Phi) is 3.79. The van der Waals surface area contributed by atoms with Crippen LogP contribution in [-0.4, -0.2) is 24.3 Å². The molecule has 0 heterocycles. The van der Waals surface area contributed by atoms with E-state index in [9.17, 15) is 4.79 Å². The van der Waals surface area contributed by atoms with Crippen molar-refractivity contribution in [2.45, 2.75) is 4.90 Å². The minimum absolute atomic E-state index is 0.0292. The number of benzene rings is 1. The average molecular weight is 198 g/mol. The first-order chi connectivity index (χ1) is 6.24. The molecule has 0 spiro atoms. The van der Waals surface area contributed by atoms with Crippen molar-refractivity contribution in [2.24, 2.45) is 0 Å². The van der Waals surface area contributed by atoms with Gasteiger partial charge in [0.25, 0.3) is 0 Å². The van der Waals surface area contributed by atoms with Gasteiger partial charge in [-0.3, -0.25) is 0 Å². The third-order valence-electron chi connectivity index (χ3n) is 1.43. The van der Waals surface area contributed by atoms with Crippen molar-refractivity contribution in [1.82, 2.24) is 0 Å². The smallest absolute Gasteiger partial charge is 0.338 e. The van der Waals surface area contributed by atoms with Crippen LogP contribution in [0.4, 0.5) is 0 Å².